The van der Waals surface area contributed by atoms with Gasteiger partial charge in [0.25, 0.3) is 0 Å². The lowest BCUT2D eigenvalue weighted by Crippen LogP contribution is -2.15. The van der Waals surface area contributed by atoms with E-state index in [4.69, 9.17) is 13.9 Å². The lowest BCUT2D eigenvalue weighted by Gasteiger charge is -2.08. The molecule has 106 valence electrons. The minimum absolute atomic E-state index is 0.645. The standard InChI is InChI=1S/C15H18N2O3/c1-18-12-6-3-10(7-13(12)19-2)14-8-17-15(20-14)9-16-11-4-5-11/h3,6-8,11,16H,4-5,9H2,1-2H3. The maximum Gasteiger partial charge on any atom is 0.208 e. The minimum Gasteiger partial charge on any atom is -0.493 e. The molecule has 0 amide bonds. The highest BCUT2D eigenvalue weighted by atomic mass is 16.5. The number of nitrogens with one attached hydrogen (secondary N) is 1. The molecular formula is C15H18N2O3. The molecule has 1 aliphatic rings. The van der Waals surface area contributed by atoms with Gasteiger partial charge in [-0.05, 0) is 31.0 Å². The Bertz CT molecular complexity index is 591. The van der Waals surface area contributed by atoms with Gasteiger partial charge in [0, 0.05) is 11.6 Å². The highest BCUT2D eigenvalue weighted by Crippen LogP contribution is 2.32. The first-order chi connectivity index (χ1) is 9.80. The van der Waals surface area contributed by atoms with Crippen LogP contribution in [0.1, 0.15) is 18.7 Å². The van der Waals surface area contributed by atoms with E-state index in [-0.39, 0.29) is 0 Å². The van der Waals surface area contributed by atoms with Crippen LogP contribution in [-0.2, 0) is 6.54 Å². The molecule has 0 aliphatic heterocycles. The molecule has 0 bridgehead atoms. The summed E-state index contributed by atoms with van der Waals surface area (Å²) in [5.41, 5.74) is 0.924. The first-order valence-electron chi connectivity index (χ1n) is 6.70. The van der Waals surface area contributed by atoms with Crippen LogP contribution in [0.2, 0.25) is 0 Å². The summed E-state index contributed by atoms with van der Waals surface area (Å²) in [7, 11) is 3.24. The van der Waals surface area contributed by atoms with Gasteiger partial charge in [0.15, 0.2) is 17.3 Å². The average Bonchev–Trinajstić information content (AvgIpc) is 3.21. The van der Waals surface area contributed by atoms with Gasteiger partial charge < -0.3 is 19.2 Å². The summed E-state index contributed by atoms with van der Waals surface area (Å²) in [4.78, 5) is 4.29. The zero-order chi connectivity index (χ0) is 13.9. The molecule has 0 spiro atoms. The molecule has 5 nitrogen and oxygen atoms in total. The number of nitrogens with zero attached hydrogens (tertiary/aromatic N) is 1. The van der Waals surface area contributed by atoms with Gasteiger partial charge in [-0.3, -0.25) is 0 Å². The Hall–Kier alpha value is -2.01. The maximum absolute atomic E-state index is 5.75. The van der Waals surface area contributed by atoms with Crippen molar-refractivity contribution < 1.29 is 13.9 Å². The SMILES string of the molecule is COc1ccc(-c2cnc(CNC3CC3)o2)cc1OC. The van der Waals surface area contributed by atoms with Crippen LogP contribution in [-0.4, -0.2) is 25.2 Å². The third kappa shape index (κ3) is 2.77. The summed E-state index contributed by atoms with van der Waals surface area (Å²) in [6.07, 6.45) is 4.25. The second kappa shape index (κ2) is 5.54. The molecule has 1 fully saturated rings. The van der Waals surface area contributed by atoms with Gasteiger partial charge >= 0.3 is 0 Å². The molecule has 2 aromatic rings. The predicted octanol–water partition coefficient (Wildman–Crippen LogP) is 2.61. The number of rotatable bonds is 6. The van der Waals surface area contributed by atoms with E-state index >= 15 is 0 Å². The quantitative estimate of drug-likeness (QED) is 0.877. The highest BCUT2D eigenvalue weighted by molar-refractivity contribution is 5.62. The fourth-order valence-electron chi connectivity index (χ4n) is 2.03. The zero-order valence-corrected chi connectivity index (χ0v) is 11.7. The van der Waals surface area contributed by atoms with Crippen LogP contribution in [0.4, 0.5) is 0 Å². The van der Waals surface area contributed by atoms with Crippen LogP contribution < -0.4 is 14.8 Å². The third-order valence-corrected chi connectivity index (χ3v) is 3.34. The number of hydrogen-bond acceptors (Lipinski definition) is 5. The smallest absolute Gasteiger partial charge is 0.208 e. The third-order valence-electron chi connectivity index (χ3n) is 3.34. The number of benzene rings is 1. The van der Waals surface area contributed by atoms with Gasteiger partial charge in [0.05, 0.1) is 27.0 Å². The van der Waals surface area contributed by atoms with Crippen molar-refractivity contribution in [3.8, 4) is 22.8 Å². The Labute approximate surface area is 117 Å². The lowest BCUT2D eigenvalue weighted by molar-refractivity contribution is 0.355. The van der Waals surface area contributed by atoms with Gasteiger partial charge in [-0.2, -0.15) is 0 Å². The zero-order valence-electron chi connectivity index (χ0n) is 11.7. The number of ether oxygens (including phenoxy) is 2. The van der Waals surface area contributed by atoms with Crippen molar-refractivity contribution in [2.45, 2.75) is 25.4 Å². The number of methoxy groups -OCH3 is 2. The number of aromatic nitrogens is 1. The molecule has 1 aromatic carbocycles. The first kappa shape index (κ1) is 13.0. The molecular weight excluding hydrogens is 256 g/mol. The summed E-state index contributed by atoms with van der Waals surface area (Å²) >= 11 is 0. The summed E-state index contributed by atoms with van der Waals surface area (Å²) in [6.45, 7) is 0.679. The van der Waals surface area contributed by atoms with Crippen molar-refractivity contribution in [2.75, 3.05) is 14.2 Å². The highest BCUT2D eigenvalue weighted by Gasteiger charge is 2.21. The van der Waals surface area contributed by atoms with Crippen molar-refractivity contribution in [2.24, 2.45) is 0 Å². The molecule has 0 atom stereocenters. The van der Waals surface area contributed by atoms with E-state index in [1.807, 2.05) is 18.2 Å². The Morgan fingerprint density at radius 3 is 2.75 bits per heavy atom. The molecule has 1 N–H and O–H groups in total. The summed E-state index contributed by atoms with van der Waals surface area (Å²) in [6, 6.07) is 6.32. The molecule has 20 heavy (non-hydrogen) atoms. The largest absolute Gasteiger partial charge is 0.493 e. The van der Waals surface area contributed by atoms with E-state index in [1.165, 1.54) is 12.8 Å². The summed E-state index contributed by atoms with van der Waals surface area (Å²) in [5, 5.41) is 3.38. The van der Waals surface area contributed by atoms with Crippen molar-refractivity contribution in [1.82, 2.24) is 10.3 Å². The molecule has 0 radical (unpaired) electrons. The molecule has 0 saturated heterocycles. The normalized spacial score (nSPS) is 14.3. The van der Waals surface area contributed by atoms with E-state index in [1.54, 1.807) is 20.4 Å². The summed E-state index contributed by atoms with van der Waals surface area (Å²) < 4.78 is 16.3. The fraction of sp³-hybridized carbons (Fsp3) is 0.400. The van der Waals surface area contributed by atoms with E-state index in [2.05, 4.69) is 10.3 Å². The van der Waals surface area contributed by atoms with Gasteiger partial charge in [0.2, 0.25) is 5.89 Å². The van der Waals surface area contributed by atoms with E-state index in [9.17, 15) is 0 Å². The maximum atomic E-state index is 5.75. The van der Waals surface area contributed by atoms with Crippen molar-refractivity contribution >= 4 is 0 Å². The Morgan fingerprint density at radius 2 is 2.05 bits per heavy atom. The molecule has 1 heterocycles. The molecule has 1 saturated carbocycles. The van der Waals surface area contributed by atoms with Crippen LogP contribution in [0.25, 0.3) is 11.3 Å². The van der Waals surface area contributed by atoms with Crippen molar-refractivity contribution in [3.63, 3.8) is 0 Å². The lowest BCUT2D eigenvalue weighted by atomic mass is 10.1. The Balaban J connectivity index is 1.77. The molecule has 3 rings (SSSR count). The van der Waals surface area contributed by atoms with Gasteiger partial charge in [-0.15, -0.1) is 0 Å². The van der Waals surface area contributed by atoms with E-state index in [0.29, 0.717) is 30.0 Å². The molecule has 0 unspecified atom stereocenters. The molecule has 1 aromatic heterocycles. The number of oxazole rings is 1. The van der Waals surface area contributed by atoms with Crippen LogP contribution in [0.5, 0.6) is 11.5 Å². The Morgan fingerprint density at radius 1 is 1.25 bits per heavy atom. The summed E-state index contributed by atoms with van der Waals surface area (Å²) in [5.74, 6) is 2.82. The Kier molecular flexibility index (Phi) is 3.60. The second-order valence-corrected chi connectivity index (χ2v) is 4.84. The van der Waals surface area contributed by atoms with E-state index in [0.717, 1.165) is 11.3 Å². The van der Waals surface area contributed by atoms with Crippen molar-refractivity contribution in [1.29, 1.82) is 0 Å². The monoisotopic (exact) mass is 274 g/mol. The molecule has 1 aliphatic carbocycles. The fourth-order valence-corrected chi connectivity index (χ4v) is 2.03. The van der Waals surface area contributed by atoms with E-state index < -0.39 is 0 Å². The number of hydrogen-bond donors (Lipinski definition) is 1. The first-order valence-corrected chi connectivity index (χ1v) is 6.70. The average molecular weight is 274 g/mol. The molecule has 5 heteroatoms. The van der Waals surface area contributed by atoms with Gasteiger partial charge in [0.1, 0.15) is 0 Å². The topological polar surface area (TPSA) is 56.5 Å². The van der Waals surface area contributed by atoms with Crippen LogP contribution in [0.3, 0.4) is 0 Å². The van der Waals surface area contributed by atoms with Gasteiger partial charge in [-0.1, -0.05) is 0 Å². The van der Waals surface area contributed by atoms with Crippen molar-refractivity contribution in [3.05, 3.63) is 30.3 Å². The predicted molar refractivity (Wildman–Crippen MR) is 74.9 cm³/mol. The van der Waals surface area contributed by atoms with Crippen LogP contribution in [0.15, 0.2) is 28.8 Å². The second-order valence-electron chi connectivity index (χ2n) is 4.84. The van der Waals surface area contributed by atoms with Crippen LogP contribution >= 0.6 is 0 Å². The minimum atomic E-state index is 0.645. The van der Waals surface area contributed by atoms with Gasteiger partial charge in [-0.25, -0.2) is 4.98 Å². The van der Waals surface area contributed by atoms with Crippen LogP contribution in [0, 0.1) is 0 Å².